The van der Waals surface area contributed by atoms with Crippen LogP contribution in [0, 0.1) is 5.92 Å². The van der Waals surface area contributed by atoms with E-state index in [1.165, 1.54) is 24.3 Å². The second-order valence-electron chi connectivity index (χ2n) is 5.41. The molecule has 1 aromatic heterocycles. The summed E-state index contributed by atoms with van der Waals surface area (Å²) in [6.07, 6.45) is 5.77. The van der Waals surface area contributed by atoms with Crippen molar-refractivity contribution in [3.8, 4) is 0 Å². The van der Waals surface area contributed by atoms with Crippen LogP contribution in [0.15, 0.2) is 0 Å². The van der Waals surface area contributed by atoms with Gasteiger partial charge in [0.1, 0.15) is 17.7 Å². The monoisotopic (exact) mass is 281 g/mol. The normalized spacial score (nSPS) is 24.1. The quantitative estimate of drug-likeness (QED) is 0.917. The lowest BCUT2D eigenvalue weighted by atomic mass is 9.97. The Morgan fingerprint density at radius 2 is 2.11 bits per heavy atom. The summed E-state index contributed by atoms with van der Waals surface area (Å²) in [5, 5.41) is 17.8. The number of hydrogen-bond donors (Lipinski definition) is 1. The molecule has 2 aliphatic rings. The zero-order chi connectivity index (χ0) is 13.2. The highest BCUT2D eigenvalue weighted by Crippen LogP contribution is 2.29. The van der Waals surface area contributed by atoms with Crippen molar-refractivity contribution in [2.45, 2.75) is 44.6 Å². The molecule has 1 fully saturated rings. The lowest BCUT2D eigenvalue weighted by molar-refractivity contribution is -0.141. The van der Waals surface area contributed by atoms with E-state index in [1.807, 2.05) is 16.3 Å². The number of carboxylic acid groups (broad SMARTS) is 1. The third-order valence-corrected chi connectivity index (χ3v) is 5.17. The van der Waals surface area contributed by atoms with Gasteiger partial charge < -0.3 is 9.67 Å². The topological polar surface area (TPSA) is 68.0 Å². The molecule has 0 spiro atoms. The van der Waals surface area contributed by atoms with E-state index in [4.69, 9.17) is 0 Å². The summed E-state index contributed by atoms with van der Waals surface area (Å²) < 4.78 is 1.90. The van der Waals surface area contributed by atoms with E-state index in [9.17, 15) is 9.90 Å². The molecule has 5 nitrogen and oxygen atoms in total. The Balaban J connectivity index is 1.82. The summed E-state index contributed by atoms with van der Waals surface area (Å²) >= 11 is 2.01. The van der Waals surface area contributed by atoms with Crippen molar-refractivity contribution in [3.63, 3.8) is 0 Å². The van der Waals surface area contributed by atoms with Crippen molar-refractivity contribution in [2.24, 2.45) is 5.92 Å². The largest absolute Gasteiger partial charge is 0.480 e. The standard InChI is InChI=1S/C13H19N3O2S/c17-13(18)10-2-1-3-11-14-15-12(16(10)11)8-9-4-6-19-7-5-9/h9-10H,1-8H2,(H,17,18). The van der Waals surface area contributed by atoms with E-state index in [0.717, 1.165) is 30.9 Å². The first-order valence-electron chi connectivity index (χ1n) is 6.99. The summed E-state index contributed by atoms with van der Waals surface area (Å²) in [7, 11) is 0. The molecule has 3 heterocycles. The zero-order valence-electron chi connectivity index (χ0n) is 10.9. The lowest BCUT2D eigenvalue weighted by Crippen LogP contribution is -2.27. The van der Waals surface area contributed by atoms with Crippen molar-refractivity contribution >= 4 is 17.7 Å². The molecule has 0 amide bonds. The lowest BCUT2D eigenvalue weighted by Gasteiger charge is -2.25. The van der Waals surface area contributed by atoms with E-state index in [-0.39, 0.29) is 0 Å². The van der Waals surface area contributed by atoms with Crippen LogP contribution in [0.25, 0.3) is 0 Å². The highest BCUT2D eigenvalue weighted by atomic mass is 32.2. The predicted octanol–water partition coefficient (Wildman–Crippen LogP) is 1.93. The second-order valence-corrected chi connectivity index (χ2v) is 6.63. The summed E-state index contributed by atoms with van der Waals surface area (Å²) in [5.74, 6) is 4.08. The van der Waals surface area contributed by atoms with Gasteiger partial charge in [-0.2, -0.15) is 11.8 Å². The van der Waals surface area contributed by atoms with Gasteiger partial charge in [-0.05, 0) is 43.1 Å². The van der Waals surface area contributed by atoms with Crippen LogP contribution in [0.2, 0.25) is 0 Å². The third-order valence-electron chi connectivity index (χ3n) is 4.12. The average molecular weight is 281 g/mol. The molecular weight excluding hydrogens is 262 g/mol. The molecule has 0 saturated carbocycles. The fraction of sp³-hybridized carbons (Fsp3) is 0.769. The van der Waals surface area contributed by atoms with Gasteiger partial charge in [-0.1, -0.05) is 0 Å². The first-order chi connectivity index (χ1) is 9.25. The molecule has 1 N–H and O–H groups in total. The van der Waals surface area contributed by atoms with Gasteiger partial charge in [0, 0.05) is 12.8 Å². The van der Waals surface area contributed by atoms with Gasteiger partial charge in [0.2, 0.25) is 0 Å². The van der Waals surface area contributed by atoms with Gasteiger partial charge in [0.15, 0.2) is 0 Å². The third kappa shape index (κ3) is 2.63. The van der Waals surface area contributed by atoms with Gasteiger partial charge in [0.05, 0.1) is 0 Å². The van der Waals surface area contributed by atoms with Crippen molar-refractivity contribution < 1.29 is 9.90 Å². The van der Waals surface area contributed by atoms with Gasteiger partial charge in [-0.25, -0.2) is 4.79 Å². The SMILES string of the molecule is O=C(O)C1CCCc2nnc(CC3CCSCC3)n21. The first kappa shape index (κ1) is 13.0. The number of thioether (sulfide) groups is 1. The Morgan fingerprint density at radius 3 is 2.84 bits per heavy atom. The van der Waals surface area contributed by atoms with E-state index in [0.29, 0.717) is 12.3 Å². The van der Waals surface area contributed by atoms with E-state index in [1.54, 1.807) is 0 Å². The molecule has 1 aromatic rings. The Bertz CT molecular complexity index is 468. The number of aryl methyl sites for hydroxylation is 1. The Labute approximate surface area is 116 Å². The minimum atomic E-state index is -0.749. The molecule has 0 aliphatic carbocycles. The van der Waals surface area contributed by atoms with E-state index < -0.39 is 12.0 Å². The zero-order valence-corrected chi connectivity index (χ0v) is 11.7. The van der Waals surface area contributed by atoms with Crippen LogP contribution in [0.1, 0.15) is 43.4 Å². The van der Waals surface area contributed by atoms with Gasteiger partial charge in [-0.3, -0.25) is 0 Å². The number of aliphatic carboxylic acids is 1. The molecule has 6 heteroatoms. The van der Waals surface area contributed by atoms with Crippen LogP contribution < -0.4 is 0 Å². The van der Waals surface area contributed by atoms with Crippen LogP contribution in [0.5, 0.6) is 0 Å². The first-order valence-corrected chi connectivity index (χ1v) is 8.14. The maximum atomic E-state index is 11.4. The summed E-state index contributed by atoms with van der Waals surface area (Å²) in [4.78, 5) is 11.4. The smallest absolute Gasteiger partial charge is 0.326 e. The maximum absolute atomic E-state index is 11.4. The Hall–Kier alpha value is -1.04. The van der Waals surface area contributed by atoms with Crippen molar-refractivity contribution in [2.75, 3.05) is 11.5 Å². The molecule has 3 rings (SSSR count). The minimum absolute atomic E-state index is 0.452. The van der Waals surface area contributed by atoms with E-state index in [2.05, 4.69) is 10.2 Å². The maximum Gasteiger partial charge on any atom is 0.326 e. The fourth-order valence-electron chi connectivity index (χ4n) is 3.06. The van der Waals surface area contributed by atoms with E-state index >= 15 is 0 Å². The molecule has 1 atom stereocenters. The predicted molar refractivity (Wildman–Crippen MR) is 73.4 cm³/mol. The number of carboxylic acids is 1. The fourth-order valence-corrected chi connectivity index (χ4v) is 4.26. The number of rotatable bonds is 3. The Morgan fingerprint density at radius 1 is 1.32 bits per heavy atom. The molecule has 0 aromatic carbocycles. The molecular formula is C13H19N3O2S. The molecule has 2 aliphatic heterocycles. The van der Waals surface area contributed by atoms with Crippen molar-refractivity contribution in [1.29, 1.82) is 0 Å². The van der Waals surface area contributed by atoms with Crippen LogP contribution >= 0.6 is 11.8 Å². The van der Waals surface area contributed by atoms with Crippen LogP contribution in [0.3, 0.4) is 0 Å². The molecule has 104 valence electrons. The average Bonchev–Trinajstić information content (AvgIpc) is 2.83. The summed E-state index contributed by atoms with van der Waals surface area (Å²) in [5.41, 5.74) is 0. The van der Waals surface area contributed by atoms with Crippen molar-refractivity contribution in [3.05, 3.63) is 11.6 Å². The number of carbonyl (C=O) groups is 1. The number of aromatic nitrogens is 3. The molecule has 19 heavy (non-hydrogen) atoms. The number of nitrogens with zero attached hydrogens (tertiary/aromatic N) is 3. The number of fused-ring (bicyclic) bond motifs is 1. The molecule has 1 saturated heterocycles. The van der Waals surface area contributed by atoms with Gasteiger partial charge in [0.25, 0.3) is 0 Å². The van der Waals surface area contributed by atoms with Crippen LogP contribution in [-0.2, 0) is 17.6 Å². The molecule has 1 unspecified atom stereocenters. The molecule has 0 bridgehead atoms. The Kier molecular flexibility index (Phi) is 3.77. The summed E-state index contributed by atoms with van der Waals surface area (Å²) in [6, 6.07) is -0.452. The highest BCUT2D eigenvalue weighted by Gasteiger charge is 2.30. The second kappa shape index (κ2) is 5.53. The highest BCUT2D eigenvalue weighted by molar-refractivity contribution is 7.99. The van der Waals surface area contributed by atoms with Crippen molar-refractivity contribution in [1.82, 2.24) is 14.8 Å². The minimum Gasteiger partial charge on any atom is -0.480 e. The van der Waals surface area contributed by atoms with Gasteiger partial charge >= 0.3 is 5.97 Å². The summed E-state index contributed by atoms with van der Waals surface area (Å²) in [6.45, 7) is 0. The molecule has 0 radical (unpaired) electrons. The van der Waals surface area contributed by atoms with Gasteiger partial charge in [-0.15, -0.1) is 10.2 Å². The van der Waals surface area contributed by atoms with Crippen LogP contribution in [0.4, 0.5) is 0 Å². The van der Waals surface area contributed by atoms with Crippen LogP contribution in [-0.4, -0.2) is 37.3 Å². The number of hydrogen-bond acceptors (Lipinski definition) is 4.